The molecule has 0 spiro atoms. The molecule has 0 aromatic heterocycles. The van der Waals surface area contributed by atoms with Crippen molar-refractivity contribution in [2.45, 2.75) is 45.8 Å². The molecule has 1 N–H and O–H groups in total. The molecule has 2 rings (SSSR count). The largest absolute Gasteiger partial charge is 0.459 e. The summed E-state index contributed by atoms with van der Waals surface area (Å²) in [6.07, 6.45) is 0. The Balaban J connectivity index is 1.89. The quantitative estimate of drug-likeness (QED) is 0.842. The van der Waals surface area contributed by atoms with Crippen LogP contribution in [0.4, 0.5) is 0 Å². The Hall–Kier alpha value is -2.62. The van der Waals surface area contributed by atoms with Crippen LogP contribution in [0.3, 0.4) is 0 Å². The minimum Gasteiger partial charge on any atom is -0.459 e. The molecule has 25 heavy (non-hydrogen) atoms. The minimum absolute atomic E-state index is 0.0313. The third-order valence-electron chi connectivity index (χ3n) is 3.94. The number of nitrogens with one attached hydrogen (secondary N) is 1. The summed E-state index contributed by atoms with van der Waals surface area (Å²) in [6.45, 7) is 8.17. The number of amides is 1. The third-order valence-corrected chi connectivity index (χ3v) is 3.94. The van der Waals surface area contributed by atoms with Crippen molar-refractivity contribution in [3.8, 4) is 0 Å². The van der Waals surface area contributed by atoms with Crippen molar-refractivity contribution < 1.29 is 14.3 Å². The van der Waals surface area contributed by atoms with Gasteiger partial charge in [0, 0.05) is 5.56 Å². The van der Waals surface area contributed by atoms with E-state index in [0.29, 0.717) is 5.56 Å². The van der Waals surface area contributed by atoms with Gasteiger partial charge in [-0.2, -0.15) is 0 Å². The van der Waals surface area contributed by atoms with Gasteiger partial charge in [0.25, 0.3) is 5.91 Å². The monoisotopic (exact) mass is 339 g/mol. The van der Waals surface area contributed by atoms with Crippen LogP contribution in [0.2, 0.25) is 0 Å². The smallest absolute Gasteiger partial charge is 0.328 e. The van der Waals surface area contributed by atoms with Crippen LogP contribution >= 0.6 is 0 Å². The molecule has 4 nitrogen and oxygen atoms in total. The Bertz CT molecular complexity index is 715. The lowest BCUT2D eigenvalue weighted by molar-refractivity contribution is -0.146. The summed E-state index contributed by atoms with van der Waals surface area (Å²) < 4.78 is 5.24. The second-order valence-electron chi connectivity index (χ2n) is 7.12. The molecule has 2 aromatic carbocycles. The molecule has 0 saturated carbocycles. The van der Waals surface area contributed by atoms with Gasteiger partial charge < -0.3 is 10.1 Å². The van der Waals surface area contributed by atoms with E-state index >= 15 is 0 Å². The van der Waals surface area contributed by atoms with Gasteiger partial charge in [-0.05, 0) is 35.6 Å². The Labute approximate surface area is 149 Å². The second-order valence-corrected chi connectivity index (χ2v) is 7.12. The fraction of sp³-hybridized carbons (Fsp3) is 0.333. The molecule has 4 heteroatoms. The molecule has 0 saturated heterocycles. The summed E-state index contributed by atoms with van der Waals surface area (Å²) in [4.78, 5) is 24.3. The van der Waals surface area contributed by atoms with Crippen LogP contribution in [0.5, 0.6) is 0 Å². The van der Waals surface area contributed by atoms with Crippen LogP contribution in [0.15, 0.2) is 54.6 Å². The summed E-state index contributed by atoms with van der Waals surface area (Å²) in [7, 11) is 0. The summed E-state index contributed by atoms with van der Waals surface area (Å²) in [5.74, 6) is -0.742. The van der Waals surface area contributed by atoms with Gasteiger partial charge in [0.15, 0.2) is 0 Å². The molecule has 0 radical (unpaired) electrons. The van der Waals surface area contributed by atoms with Gasteiger partial charge in [-0.3, -0.25) is 4.79 Å². The SMILES string of the molecule is C[C@H](NC(=O)c1ccc(C(C)(C)C)cc1)C(=O)OCc1ccccc1. The molecule has 0 aliphatic carbocycles. The molecular formula is C21H25NO3. The van der Waals surface area contributed by atoms with Crippen LogP contribution in [0.25, 0.3) is 0 Å². The Kier molecular flexibility index (Phi) is 5.97. The van der Waals surface area contributed by atoms with Gasteiger partial charge in [-0.15, -0.1) is 0 Å². The Morgan fingerprint density at radius 3 is 2.16 bits per heavy atom. The molecule has 2 aromatic rings. The van der Waals surface area contributed by atoms with Gasteiger partial charge in [0.2, 0.25) is 0 Å². The molecule has 0 bridgehead atoms. The van der Waals surface area contributed by atoms with Crippen molar-refractivity contribution in [3.05, 3.63) is 71.3 Å². The summed E-state index contributed by atoms with van der Waals surface area (Å²) in [6, 6.07) is 16.2. The fourth-order valence-corrected chi connectivity index (χ4v) is 2.31. The van der Waals surface area contributed by atoms with E-state index in [9.17, 15) is 9.59 Å². The van der Waals surface area contributed by atoms with Crippen LogP contribution < -0.4 is 5.32 Å². The first kappa shape index (κ1) is 18.7. The van der Waals surface area contributed by atoms with Crippen molar-refractivity contribution in [2.24, 2.45) is 0 Å². The first-order valence-electron chi connectivity index (χ1n) is 8.39. The highest BCUT2D eigenvalue weighted by molar-refractivity contribution is 5.96. The lowest BCUT2D eigenvalue weighted by Crippen LogP contribution is -2.39. The van der Waals surface area contributed by atoms with E-state index in [4.69, 9.17) is 4.74 Å². The zero-order valence-corrected chi connectivity index (χ0v) is 15.2. The van der Waals surface area contributed by atoms with Gasteiger partial charge in [-0.1, -0.05) is 63.2 Å². The van der Waals surface area contributed by atoms with Gasteiger partial charge in [-0.25, -0.2) is 4.79 Å². The third kappa shape index (κ3) is 5.45. The van der Waals surface area contributed by atoms with E-state index in [1.807, 2.05) is 42.5 Å². The average Bonchev–Trinajstić information content (AvgIpc) is 2.59. The maximum atomic E-state index is 12.3. The molecule has 132 valence electrons. The van der Waals surface area contributed by atoms with Crippen molar-refractivity contribution >= 4 is 11.9 Å². The van der Waals surface area contributed by atoms with Crippen LogP contribution in [0.1, 0.15) is 49.2 Å². The van der Waals surface area contributed by atoms with E-state index < -0.39 is 12.0 Å². The highest BCUT2D eigenvalue weighted by Crippen LogP contribution is 2.22. The molecule has 0 aliphatic heterocycles. The van der Waals surface area contributed by atoms with Crippen LogP contribution in [-0.4, -0.2) is 17.9 Å². The van der Waals surface area contributed by atoms with Crippen molar-refractivity contribution in [3.63, 3.8) is 0 Å². The first-order valence-corrected chi connectivity index (χ1v) is 8.39. The number of esters is 1. The van der Waals surface area contributed by atoms with Gasteiger partial charge in [0.05, 0.1) is 0 Å². The Morgan fingerprint density at radius 2 is 1.60 bits per heavy atom. The number of benzene rings is 2. The molecule has 1 atom stereocenters. The number of carbonyl (C=O) groups excluding carboxylic acids is 2. The standard InChI is InChI=1S/C21H25NO3/c1-15(20(24)25-14-16-8-6-5-7-9-16)22-19(23)17-10-12-18(13-11-17)21(2,3)4/h5-13,15H,14H2,1-4H3,(H,22,23)/t15-/m0/s1. The van der Waals surface area contributed by atoms with Crippen molar-refractivity contribution in [2.75, 3.05) is 0 Å². The number of rotatable bonds is 5. The topological polar surface area (TPSA) is 55.4 Å². The predicted molar refractivity (Wildman–Crippen MR) is 98.3 cm³/mol. The molecule has 0 fully saturated rings. The van der Waals surface area contributed by atoms with Crippen LogP contribution in [-0.2, 0) is 21.6 Å². The highest BCUT2D eigenvalue weighted by Gasteiger charge is 2.19. The van der Waals surface area contributed by atoms with E-state index in [2.05, 4.69) is 26.1 Å². The van der Waals surface area contributed by atoms with Gasteiger partial charge in [0.1, 0.15) is 12.6 Å². The number of hydrogen-bond acceptors (Lipinski definition) is 3. The lowest BCUT2D eigenvalue weighted by atomic mass is 9.86. The second kappa shape index (κ2) is 7.97. The lowest BCUT2D eigenvalue weighted by Gasteiger charge is -2.19. The summed E-state index contributed by atoms with van der Waals surface area (Å²) in [5.41, 5.74) is 2.62. The normalized spacial score (nSPS) is 12.3. The molecule has 0 aliphatic rings. The van der Waals surface area contributed by atoms with E-state index in [1.165, 1.54) is 0 Å². The number of ether oxygens (including phenoxy) is 1. The van der Waals surface area contributed by atoms with Crippen molar-refractivity contribution in [1.29, 1.82) is 0 Å². The molecule has 0 unspecified atom stereocenters. The van der Waals surface area contributed by atoms with Crippen LogP contribution in [0, 0.1) is 0 Å². The number of hydrogen-bond donors (Lipinski definition) is 1. The summed E-state index contributed by atoms with van der Waals surface area (Å²) in [5, 5.41) is 2.68. The molecular weight excluding hydrogens is 314 g/mol. The highest BCUT2D eigenvalue weighted by atomic mass is 16.5. The van der Waals surface area contributed by atoms with E-state index in [-0.39, 0.29) is 17.9 Å². The van der Waals surface area contributed by atoms with E-state index in [0.717, 1.165) is 11.1 Å². The average molecular weight is 339 g/mol. The first-order chi connectivity index (χ1) is 11.8. The van der Waals surface area contributed by atoms with Gasteiger partial charge >= 0.3 is 5.97 Å². The Morgan fingerprint density at radius 1 is 1.00 bits per heavy atom. The molecule has 0 heterocycles. The zero-order valence-electron chi connectivity index (χ0n) is 15.2. The maximum Gasteiger partial charge on any atom is 0.328 e. The predicted octanol–water partition coefficient (Wildman–Crippen LogP) is 3.85. The van der Waals surface area contributed by atoms with Crippen molar-refractivity contribution in [1.82, 2.24) is 5.32 Å². The summed E-state index contributed by atoms with van der Waals surface area (Å²) >= 11 is 0. The maximum absolute atomic E-state index is 12.3. The fourth-order valence-electron chi connectivity index (χ4n) is 2.31. The van der Waals surface area contributed by atoms with E-state index in [1.54, 1.807) is 19.1 Å². The number of carbonyl (C=O) groups is 2. The minimum atomic E-state index is -0.710. The zero-order chi connectivity index (χ0) is 18.4. The molecule has 1 amide bonds.